The Morgan fingerprint density at radius 2 is 1.65 bits per heavy atom. The van der Waals surface area contributed by atoms with Crippen LogP contribution in [-0.4, -0.2) is 95.4 Å². The van der Waals surface area contributed by atoms with E-state index < -0.39 is 43.4 Å². The third kappa shape index (κ3) is 5.48. The van der Waals surface area contributed by atoms with Crippen molar-refractivity contribution in [2.24, 2.45) is 0 Å². The third-order valence-electron chi connectivity index (χ3n) is 6.84. The van der Waals surface area contributed by atoms with Crippen LogP contribution in [0.5, 0.6) is 23.0 Å². The summed E-state index contributed by atoms with van der Waals surface area (Å²) < 4.78 is 27.9. The molecule has 0 radical (unpaired) electrons. The molecule has 4 rings (SSSR count). The fraction of sp³-hybridized carbons (Fsp3) is 0.538. The van der Waals surface area contributed by atoms with Gasteiger partial charge in [-0.05, 0) is 42.2 Å². The van der Waals surface area contributed by atoms with Gasteiger partial charge in [-0.3, -0.25) is 0 Å². The van der Waals surface area contributed by atoms with E-state index in [-0.39, 0.29) is 24.9 Å². The first-order valence-electron chi connectivity index (χ1n) is 12.1. The maximum Gasteiger partial charge on any atom is 0.186 e. The molecular formula is C26H34O11. The summed E-state index contributed by atoms with van der Waals surface area (Å²) in [5.41, 5.74) is 2.45. The van der Waals surface area contributed by atoms with Crippen molar-refractivity contribution in [1.82, 2.24) is 0 Å². The topological polar surface area (TPSA) is 168 Å². The molecule has 0 unspecified atom stereocenters. The minimum Gasteiger partial charge on any atom is -0.504 e. The van der Waals surface area contributed by atoms with Gasteiger partial charge in [0.05, 0.1) is 40.0 Å². The average molecular weight is 523 g/mol. The second-order valence-electron chi connectivity index (χ2n) is 9.15. The molecule has 204 valence electrons. The zero-order chi connectivity index (χ0) is 26.7. The van der Waals surface area contributed by atoms with Crippen LogP contribution >= 0.6 is 0 Å². The molecule has 7 atom stereocenters. The molecule has 1 saturated heterocycles. The largest absolute Gasteiger partial charge is 0.504 e. The van der Waals surface area contributed by atoms with Crippen LogP contribution in [0.2, 0.25) is 0 Å². The van der Waals surface area contributed by atoms with Crippen LogP contribution in [0.4, 0.5) is 0 Å². The Morgan fingerprint density at radius 1 is 0.892 bits per heavy atom. The lowest BCUT2D eigenvalue weighted by molar-refractivity contribution is -0.301. The van der Waals surface area contributed by atoms with Gasteiger partial charge in [0.2, 0.25) is 0 Å². The standard InChI is InChI=1S/C26H34O11/c1-33-18-10-14(5-6-17(18)29)24-16(11-27)15-8-13(9-19(34-2)25(15)37-24)4-3-7-35-26-23(32)22(31)21(30)20(12-28)36-26/h5-6,8-10,16,20-24,26-32H,3-4,7,11-12H2,1-2H3/t16-,20+,21+,22-,23+,24-,26+/m1/s1. The number of benzene rings is 2. The van der Waals surface area contributed by atoms with E-state index in [9.17, 15) is 30.6 Å². The number of phenols is 1. The number of methoxy groups -OCH3 is 2. The van der Waals surface area contributed by atoms with Gasteiger partial charge < -0.3 is 54.3 Å². The first-order chi connectivity index (χ1) is 17.8. The predicted octanol–water partition coefficient (Wildman–Crippen LogP) is 0.368. The molecule has 0 aromatic heterocycles. The molecule has 0 saturated carbocycles. The Labute approximate surface area is 214 Å². The van der Waals surface area contributed by atoms with E-state index in [4.69, 9.17) is 23.7 Å². The van der Waals surface area contributed by atoms with Crippen LogP contribution in [0.1, 0.15) is 35.1 Å². The van der Waals surface area contributed by atoms with Crippen molar-refractivity contribution in [3.63, 3.8) is 0 Å². The van der Waals surface area contributed by atoms with Gasteiger partial charge in [0.15, 0.2) is 29.3 Å². The van der Waals surface area contributed by atoms with Crippen LogP contribution < -0.4 is 14.2 Å². The molecule has 1 fully saturated rings. The molecule has 2 aliphatic rings. The van der Waals surface area contributed by atoms with E-state index in [1.165, 1.54) is 20.3 Å². The highest BCUT2D eigenvalue weighted by molar-refractivity contribution is 5.56. The van der Waals surface area contributed by atoms with Crippen molar-refractivity contribution < 1.29 is 54.3 Å². The Bertz CT molecular complexity index is 1060. The first-order valence-corrected chi connectivity index (χ1v) is 12.1. The fourth-order valence-corrected chi connectivity index (χ4v) is 4.80. The summed E-state index contributed by atoms with van der Waals surface area (Å²) in [5, 5.41) is 59.4. The predicted molar refractivity (Wildman–Crippen MR) is 129 cm³/mol. The van der Waals surface area contributed by atoms with E-state index in [1.807, 2.05) is 12.1 Å². The maximum atomic E-state index is 10.2. The summed E-state index contributed by atoms with van der Waals surface area (Å²) in [5.74, 6) is 1.01. The normalized spacial score (nSPS) is 29.0. The molecule has 11 heteroatoms. The van der Waals surface area contributed by atoms with Crippen LogP contribution in [-0.2, 0) is 15.9 Å². The molecule has 0 bridgehead atoms. The van der Waals surface area contributed by atoms with Crippen molar-refractivity contribution in [2.45, 2.75) is 55.6 Å². The minimum absolute atomic E-state index is 0.00751. The highest BCUT2D eigenvalue weighted by Gasteiger charge is 2.44. The van der Waals surface area contributed by atoms with Crippen molar-refractivity contribution in [2.75, 3.05) is 34.0 Å². The first kappa shape index (κ1) is 27.4. The van der Waals surface area contributed by atoms with Gasteiger partial charge in [-0.1, -0.05) is 12.1 Å². The Hall–Kier alpha value is -2.64. The monoisotopic (exact) mass is 522 g/mol. The molecule has 0 amide bonds. The number of rotatable bonds is 10. The Balaban J connectivity index is 1.44. The summed E-state index contributed by atoms with van der Waals surface area (Å²) in [6.07, 6.45) is -6.00. The number of fused-ring (bicyclic) bond motifs is 1. The number of phenolic OH excluding ortho intramolecular Hbond substituents is 1. The summed E-state index contributed by atoms with van der Waals surface area (Å²) in [7, 11) is 3.00. The lowest BCUT2D eigenvalue weighted by Crippen LogP contribution is -2.59. The molecule has 2 aliphatic heterocycles. The van der Waals surface area contributed by atoms with Crippen LogP contribution in [0.15, 0.2) is 30.3 Å². The highest BCUT2D eigenvalue weighted by Crippen LogP contribution is 2.51. The van der Waals surface area contributed by atoms with Gasteiger partial charge in [-0.15, -0.1) is 0 Å². The molecule has 11 nitrogen and oxygen atoms in total. The zero-order valence-corrected chi connectivity index (χ0v) is 20.7. The Kier molecular flexibility index (Phi) is 8.75. The van der Waals surface area contributed by atoms with Crippen molar-refractivity contribution >= 4 is 0 Å². The lowest BCUT2D eigenvalue weighted by atomic mass is 9.90. The fourth-order valence-electron chi connectivity index (χ4n) is 4.80. The third-order valence-corrected chi connectivity index (χ3v) is 6.84. The molecule has 2 aromatic rings. The number of aliphatic hydroxyl groups excluding tert-OH is 5. The van der Waals surface area contributed by atoms with Crippen molar-refractivity contribution in [3.8, 4) is 23.0 Å². The minimum atomic E-state index is -1.49. The molecule has 0 spiro atoms. The zero-order valence-electron chi connectivity index (χ0n) is 20.7. The van der Waals surface area contributed by atoms with E-state index in [2.05, 4.69) is 0 Å². The van der Waals surface area contributed by atoms with E-state index in [0.29, 0.717) is 30.1 Å². The van der Waals surface area contributed by atoms with Gasteiger partial charge in [0.1, 0.15) is 30.5 Å². The summed E-state index contributed by atoms with van der Waals surface area (Å²) >= 11 is 0. The number of aliphatic hydroxyl groups is 5. The van der Waals surface area contributed by atoms with E-state index >= 15 is 0 Å². The Morgan fingerprint density at radius 3 is 2.32 bits per heavy atom. The summed E-state index contributed by atoms with van der Waals surface area (Å²) in [4.78, 5) is 0. The van der Waals surface area contributed by atoms with Gasteiger partial charge in [-0.2, -0.15) is 0 Å². The molecular weight excluding hydrogens is 488 g/mol. The highest BCUT2D eigenvalue weighted by atomic mass is 16.7. The quantitative estimate of drug-likeness (QED) is 0.239. The maximum absolute atomic E-state index is 10.2. The number of ether oxygens (including phenoxy) is 5. The number of hydrogen-bond acceptors (Lipinski definition) is 11. The molecule has 6 N–H and O–H groups in total. The van der Waals surface area contributed by atoms with Gasteiger partial charge in [0, 0.05) is 5.56 Å². The second kappa shape index (κ2) is 11.8. The molecule has 2 aromatic carbocycles. The van der Waals surface area contributed by atoms with Crippen molar-refractivity contribution in [3.05, 3.63) is 47.0 Å². The smallest absolute Gasteiger partial charge is 0.186 e. The number of aromatic hydroxyl groups is 1. The number of aryl methyl sites for hydroxylation is 1. The van der Waals surface area contributed by atoms with E-state index in [0.717, 1.165) is 16.7 Å². The van der Waals surface area contributed by atoms with Crippen LogP contribution in [0.3, 0.4) is 0 Å². The van der Waals surface area contributed by atoms with Gasteiger partial charge in [-0.25, -0.2) is 0 Å². The number of hydrogen-bond donors (Lipinski definition) is 6. The molecule has 37 heavy (non-hydrogen) atoms. The van der Waals surface area contributed by atoms with Crippen LogP contribution in [0.25, 0.3) is 0 Å². The van der Waals surface area contributed by atoms with Gasteiger partial charge in [0.25, 0.3) is 0 Å². The second-order valence-corrected chi connectivity index (χ2v) is 9.15. The van der Waals surface area contributed by atoms with Crippen LogP contribution in [0, 0.1) is 0 Å². The summed E-state index contributed by atoms with van der Waals surface area (Å²) in [6.45, 7) is -0.516. The SMILES string of the molecule is COc1cc([C@H]2Oc3c(OC)cc(CCCO[C@H]4O[C@@H](CO)[C@H](O)[C@@H](O)[C@@H]4O)cc3[C@H]2CO)ccc1O. The molecule has 2 heterocycles. The van der Waals surface area contributed by atoms with Gasteiger partial charge >= 0.3 is 0 Å². The van der Waals surface area contributed by atoms with E-state index in [1.54, 1.807) is 12.1 Å². The summed E-state index contributed by atoms with van der Waals surface area (Å²) in [6, 6.07) is 8.72. The average Bonchev–Trinajstić information content (AvgIpc) is 3.29. The molecule has 0 aliphatic carbocycles. The lowest BCUT2D eigenvalue weighted by Gasteiger charge is -2.39. The van der Waals surface area contributed by atoms with Crippen molar-refractivity contribution in [1.29, 1.82) is 0 Å².